The van der Waals surface area contributed by atoms with E-state index in [1.165, 1.54) is 6.21 Å². The summed E-state index contributed by atoms with van der Waals surface area (Å²) in [4.78, 5) is 29.1. The number of terminal acetylenes is 1. The Morgan fingerprint density at radius 1 is 1.24 bits per heavy atom. The van der Waals surface area contributed by atoms with Crippen LogP contribution >= 0.6 is 11.6 Å². The van der Waals surface area contributed by atoms with Gasteiger partial charge in [-0.15, -0.1) is 6.42 Å². The number of halogens is 1. The van der Waals surface area contributed by atoms with Crippen molar-refractivity contribution in [1.29, 1.82) is 0 Å². The molecule has 0 radical (unpaired) electrons. The van der Waals surface area contributed by atoms with Crippen LogP contribution in [0.1, 0.15) is 22.8 Å². The van der Waals surface area contributed by atoms with Gasteiger partial charge in [0, 0.05) is 17.3 Å². The predicted molar refractivity (Wildman–Crippen MR) is 98.4 cm³/mol. The zero-order valence-corrected chi connectivity index (χ0v) is 14.4. The molecule has 1 unspecified atom stereocenters. The van der Waals surface area contributed by atoms with E-state index in [4.69, 9.17) is 22.8 Å². The summed E-state index contributed by atoms with van der Waals surface area (Å²) in [5, 5.41) is 0.272. The van der Waals surface area contributed by atoms with E-state index in [-0.39, 0.29) is 17.2 Å². The van der Waals surface area contributed by atoms with Gasteiger partial charge in [0.25, 0.3) is 0 Å². The van der Waals surface area contributed by atoms with Gasteiger partial charge < -0.3 is 4.74 Å². The SMILES string of the molecule is C#Cc1ccc(N=CC(C(=O)OCC)C(=O)c2ccccc2Cl)cc1. The average Bonchev–Trinajstić information content (AvgIpc) is 2.63. The summed E-state index contributed by atoms with van der Waals surface area (Å²) in [5.74, 6) is 0.197. The maximum Gasteiger partial charge on any atom is 0.322 e. The predicted octanol–water partition coefficient (Wildman–Crippen LogP) is 4.09. The summed E-state index contributed by atoms with van der Waals surface area (Å²) >= 11 is 6.06. The summed E-state index contributed by atoms with van der Waals surface area (Å²) in [5.41, 5.74) is 1.53. The van der Waals surface area contributed by atoms with Gasteiger partial charge in [-0.2, -0.15) is 0 Å². The minimum Gasteiger partial charge on any atom is -0.465 e. The summed E-state index contributed by atoms with van der Waals surface area (Å²) < 4.78 is 4.99. The largest absolute Gasteiger partial charge is 0.465 e. The number of carbonyl (C=O) groups excluding carboxylic acids is 2. The van der Waals surface area contributed by atoms with E-state index in [0.29, 0.717) is 11.3 Å². The lowest BCUT2D eigenvalue weighted by molar-refractivity contribution is -0.143. The molecule has 1 atom stereocenters. The van der Waals surface area contributed by atoms with Crippen LogP contribution in [-0.4, -0.2) is 24.6 Å². The fourth-order valence-corrected chi connectivity index (χ4v) is 2.33. The standard InChI is InChI=1S/C20H16ClNO3/c1-3-14-9-11-15(12-10-14)22-13-17(20(24)25-4-2)19(23)16-7-5-6-8-18(16)21/h1,5-13,17H,4H2,2H3. The quantitative estimate of drug-likeness (QED) is 0.258. The molecule has 2 aromatic carbocycles. The molecule has 0 spiro atoms. The lowest BCUT2D eigenvalue weighted by Gasteiger charge is -2.11. The van der Waals surface area contributed by atoms with E-state index < -0.39 is 17.7 Å². The number of esters is 1. The van der Waals surface area contributed by atoms with E-state index in [9.17, 15) is 9.59 Å². The lowest BCUT2D eigenvalue weighted by atomic mass is 9.98. The highest BCUT2D eigenvalue weighted by atomic mass is 35.5. The van der Waals surface area contributed by atoms with E-state index in [1.54, 1.807) is 55.5 Å². The van der Waals surface area contributed by atoms with Gasteiger partial charge in [0.1, 0.15) is 0 Å². The van der Waals surface area contributed by atoms with Gasteiger partial charge in [0.05, 0.1) is 17.3 Å². The number of aliphatic imine (C=N–C) groups is 1. The maximum absolute atomic E-state index is 12.7. The molecule has 0 bridgehead atoms. The second-order valence-corrected chi connectivity index (χ2v) is 5.45. The van der Waals surface area contributed by atoms with Gasteiger partial charge in [0.15, 0.2) is 11.7 Å². The minimum atomic E-state index is -1.17. The molecular formula is C20H16ClNO3. The van der Waals surface area contributed by atoms with Crippen molar-refractivity contribution in [3.63, 3.8) is 0 Å². The first-order chi connectivity index (χ1) is 12.1. The number of benzene rings is 2. The molecule has 5 heteroatoms. The van der Waals surface area contributed by atoms with Gasteiger partial charge in [-0.25, -0.2) is 0 Å². The van der Waals surface area contributed by atoms with Crippen LogP contribution in [0, 0.1) is 18.3 Å². The Morgan fingerprint density at radius 3 is 2.52 bits per heavy atom. The van der Waals surface area contributed by atoms with E-state index in [1.807, 2.05) is 0 Å². The topological polar surface area (TPSA) is 55.7 Å². The Bertz CT molecular complexity index is 835. The fourth-order valence-electron chi connectivity index (χ4n) is 2.10. The molecule has 0 fully saturated rings. The highest BCUT2D eigenvalue weighted by Crippen LogP contribution is 2.20. The van der Waals surface area contributed by atoms with Crippen molar-refractivity contribution >= 4 is 35.3 Å². The molecule has 0 aliphatic heterocycles. The highest BCUT2D eigenvalue weighted by molar-refractivity contribution is 6.35. The molecular weight excluding hydrogens is 338 g/mol. The zero-order valence-electron chi connectivity index (χ0n) is 13.6. The van der Waals surface area contributed by atoms with Gasteiger partial charge in [-0.1, -0.05) is 29.7 Å². The van der Waals surface area contributed by atoms with Gasteiger partial charge in [0.2, 0.25) is 0 Å². The first kappa shape index (κ1) is 18.4. The third-order valence-corrected chi connectivity index (χ3v) is 3.70. The molecule has 0 saturated heterocycles. The van der Waals surface area contributed by atoms with Crippen LogP contribution in [0.25, 0.3) is 0 Å². The summed E-state index contributed by atoms with van der Waals surface area (Å²) in [6.07, 6.45) is 6.58. The number of hydrogen-bond donors (Lipinski definition) is 0. The van der Waals surface area contributed by atoms with Crippen molar-refractivity contribution in [1.82, 2.24) is 0 Å². The van der Waals surface area contributed by atoms with Crippen LogP contribution in [0.2, 0.25) is 5.02 Å². The van der Waals surface area contributed by atoms with Crippen LogP contribution in [0.5, 0.6) is 0 Å². The van der Waals surface area contributed by atoms with Crippen molar-refractivity contribution in [2.45, 2.75) is 6.92 Å². The van der Waals surface area contributed by atoms with Crippen LogP contribution in [-0.2, 0) is 9.53 Å². The molecule has 126 valence electrons. The summed E-state index contributed by atoms with van der Waals surface area (Å²) in [7, 11) is 0. The molecule has 4 nitrogen and oxygen atoms in total. The molecule has 25 heavy (non-hydrogen) atoms. The third-order valence-electron chi connectivity index (χ3n) is 3.37. The van der Waals surface area contributed by atoms with E-state index in [2.05, 4.69) is 10.9 Å². The molecule has 0 N–H and O–H groups in total. The van der Waals surface area contributed by atoms with Crippen LogP contribution < -0.4 is 0 Å². The molecule has 2 aromatic rings. The first-order valence-electron chi connectivity index (χ1n) is 7.63. The summed E-state index contributed by atoms with van der Waals surface area (Å²) in [6, 6.07) is 13.4. The van der Waals surface area contributed by atoms with Crippen molar-refractivity contribution < 1.29 is 14.3 Å². The highest BCUT2D eigenvalue weighted by Gasteiger charge is 2.28. The minimum absolute atomic E-state index is 0.163. The maximum atomic E-state index is 12.7. The normalized spacial score (nSPS) is 11.7. The van der Waals surface area contributed by atoms with Gasteiger partial charge in [-0.3, -0.25) is 14.6 Å². The molecule has 2 rings (SSSR count). The number of rotatable bonds is 6. The van der Waals surface area contributed by atoms with Crippen LogP contribution in [0.15, 0.2) is 53.5 Å². The zero-order chi connectivity index (χ0) is 18.2. The molecule has 0 aromatic heterocycles. The van der Waals surface area contributed by atoms with Crippen molar-refractivity contribution in [3.05, 3.63) is 64.7 Å². The van der Waals surface area contributed by atoms with Crippen molar-refractivity contribution in [2.75, 3.05) is 6.61 Å². The second kappa shape index (κ2) is 8.81. The number of Topliss-reactive ketones (excluding diaryl/α,β-unsaturated/α-hetero) is 1. The molecule has 0 heterocycles. The Balaban J connectivity index is 2.31. The van der Waals surface area contributed by atoms with Crippen molar-refractivity contribution in [3.8, 4) is 12.3 Å². The molecule has 0 aliphatic rings. The Hall–Kier alpha value is -2.90. The monoisotopic (exact) mass is 353 g/mol. The fraction of sp³-hybridized carbons (Fsp3) is 0.150. The second-order valence-electron chi connectivity index (χ2n) is 5.04. The van der Waals surface area contributed by atoms with Crippen molar-refractivity contribution in [2.24, 2.45) is 10.9 Å². The number of ether oxygens (including phenoxy) is 1. The smallest absolute Gasteiger partial charge is 0.322 e. The molecule has 0 amide bonds. The number of ketones is 1. The average molecular weight is 354 g/mol. The molecule has 0 aliphatic carbocycles. The first-order valence-corrected chi connectivity index (χ1v) is 8.00. The Labute approximate surface area is 151 Å². The van der Waals surface area contributed by atoms with Crippen LogP contribution in [0.3, 0.4) is 0 Å². The Morgan fingerprint density at radius 2 is 1.92 bits per heavy atom. The Kier molecular flexibility index (Phi) is 6.50. The number of nitrogens with zero attached hydrogens (tertiary/aromatic N) is 1. The third kappa shape index (κ3) is 4.79. The van der Waals surface area contributed by atoms with Gasteiger partial charge in [-0.05, 0) is 43.3 Å². The van der Waals surface area contributed by atoms with E-state index in [0.717, 1.165) is 0 Å². The summed E-state index contributed by atoms with van der Waals surface area (Å²) in [6.45, 7) is 1.83. The van der Waals surface area contributed by atoms with Crippen LogP contribution in [0.4, 0.5) is 5.69 Å². The lowest BCUT2D eigenvalue weighted by Crippen LogP contribution is -2.28. The number of hydrogen-bond acceptors (Lipinski definition) is 4. The van der Waals surface area contributed by atoms with Gasteiger partial charge >= 0.3 is 5.97 Å². The number of carbonyl (C=O) groups is 2. The molecule has 0 saturated carbocycles. The van der Waals surface area contributed by atoms with E-state index >= 15 is 0 Å².